The number of anilines is 1. The van der Waals surface area contributed by atoms with E-state index in [1.807, 2.05) is 23.7 Å². The first-order valence-electron chi connectivity index (χ1n) is 7.26. The first-order valence-corrected chi connectivity index (χ1v) is 8.05. The molecule has 0 aliphatic rings. The van der Waals surface area contributed by atoms with Gasteiger partial charge >= 0.3 is 0 Å². The maximum atomic E-state index is 5.34. The lowest BCUT2D eigenvalue weighted by atomic mass is 10.3. The summed E-state index contributed by atoms with van der Waals surface area (Å²) in [4.78, 5) is 4.25. The molecular weight excluding hydrogens is 332 g/mol. The van der Waals surface area contributed by atoms with Gasteiger partial charge in [0.1, 0.15) is 0 Å². The molecule has 0 saturated carbocycles. The fourth-order valence-corrected chi connectivity index (χ4v) is 2.79. The Balaban J connectivity index is 2.07. The van der Waals surface area contributed by atoms with E-state index in [0.29, 0.717) is 19.0 Å². The molecule has 0 aliphatic heterocycles. The maximum Gasteiger partial charge on any atom is 0.213 e. The van der Waals surface area contributed by atoms with Crippen LogP contribution in [0.4, 0.5) is 5.69 Å². The Morgan fingerprint density at radius 3 is 2.67 bits per heavy atom. The minimum atomic E-state index is 0.627. The van der Waals surface area contributed by atoms with Crippen LogP contribution in [0.25, 0.3) is 0 Å². The Morgan fingerprint density at radius 2 is 2.10 bits per heavy atom. The van der Waals surface area contributed by atoms with Crippen molar-refractivity contribution < 1.29 is 4.74 Å². The zero-order chi connectivity index (χ0) is 15.2. The lowest BCUT2D eigenvalue weighted by molar-refractivity contribution is 0.327. The monoisotopic (exact) mass is 352 g/mol. The van der Waals surface area contributed by atoms with Gasteiger partial charge in [-0.15, -0.1) is 0 Å². The fourth-order valence-electron chi connectivity index (χ4n) is 2.09. The van der Waals surface area contributed by atoms with E-state index in [1.165, 1.54) is 0 Å². The lowest BCUT2D eigenvalue weighted by Gasteiger charge is -2.09. The average molecular weight is 353 g/mol. The molecule has 0 atom stereocenters. The molecule has 114 valence electrons. The predicted molar refractivity (Wildman–Crippen MR) is 87.7 cm³/mol. The van der Waals surface area contributed by atoms with Crippen molar-refractivity contribution >= 4 is 21.6 Å². The molecule has 0 saturated heterocycles. The van der Waals surface area contributed by atoms with E-state index in [4.69, 9.17) is 4.74 Å². The van der Waals surface area contributed by atoms with Crippen molar-refractivity contribution in [2.75, 3.05) is 11.9 Å². The van der Waals surface area contributed by atoms with Crippen molar-refractivity contribution in [3.63, 3.8) is 0 Å². The number of aryl methyl sites for hydroxylation is 2. The number of rotatable bonds is 7. The summed E-state index contributed by atoms with van der Waals surface area (Å²) >= 11 is 3.65. The molecule has 0 aliphatic carbocycles. The van der Waals surface area contributed by atoms with Gasteiger partial charge in [-0.25, -0.2) is 4.98 Å². The van der Waals surface area contributed by atoms with Crippen LogP contribution in [0.2, 0.25) is 0 Å². The molecule has 0 fully saturated rings. The molecule has 5 nitrogen and oxygen atoms in total. The molecule has 0 unspecified atom stereocenters. The summed E-state index contributed by atoms with van der Waals surface area (Å²) in [5.41, 5.74) is 3.22. The third kappa shape index (κ3) is 3.75. The first-order chi connectivity index (χ1) is 10.2. The SMILES string of the molecule is CCOc1ccc(NCc2c(Br)c(CC)nn2CC)cn1. The van der Waals surface area contributed by atoms with Crippen molar-refractivity contribution in [2.45, 2.75) is 40.3 Å². The third-order valence-corrected chi connectivity index (χ3v) is 4.10. The van der Waals surface area contributed by atoms with Crippen LogP contribution in [-0.2, 0) is 19.5 Å². The van der Waals surface area contributed by atoms with Crippen molar-refractivity contribution in [1.29, 1.82) is 0 Å². The van der Waals surface area contributed by atoms with Crippen LogP contribution < -0.4 is 10.1 Å². The number of nitrogens with one attached hydrogen (secondary N) is 1. The summed E-state index contributed by atoms with van der Waals surface area (Å²) in [5, 5.41) is 7.97. The smallest absolute Gasteiger partial charge is 0.213 e. The molecule has 0 bridgehead atoms. The second-order valence-corrected chi connectivity index (χ2v) is 5.34. The number of pyridine rings is 1. The van der Waals surface area contributed by atoms with Gasteiger partial charge in [0, 0.05) is 12.6 Å². The summed E-state index contributed by atoms with van der Waals surface area (Å²) in [6, 6.07) is 3.84. The average Bonchev–Trinajstić information content (AvgIpc) is 2.82. The normalized spacial score (nSPS) is 10.7. The van der Waals surface area contributed by atoms with Crippen molar-refractivity contribution in [3.8, 4) is 5.88 Å². The second-order valence-electron chi connectivity index (χ2n) is 4.55. The number of aromatic nitrogens is 3. The molecule has 2 aromatic heterocycles. The number of ether oxygens (including phenoxy) is 1. The van der Waals surface area contributed by atoms with Gasteiger partial charge in [0.2, 0.25) is 5.88 Å². The van der Waals surface area contributed by atoms with Crippen LogP contribution in [0.1, 0.15) is 32.2 Å². The van der Waals surface area contributed by atoms with E-state index >= 15 is 0 Å². The summed E-state index contributed by atoms with van der Waals surface area (Å²) < 4.78 is 8.46. The van der Waals surface area contributed by atoms with Gasteiger partial charge in [-0.2, -0.15) is 5.10 Å². The Morgan fingerprint density at radius 1 is 1.29 bits per heavy atom. The van der Waals surface area contributed by atoms with Gasteiger partial charge in [-0.3, -0.25) is 4.68 Å². The molecule has 2 rings (SSSR count). The predicted octanol–water partition coefficient (Wildman–Crippen LogP) is 3.63. The summed E-state index contributed by atoms with van der Waals surface area (Å²) in [5.74, 6) is 0.649. The van der Waals surface area contributed by atoms with Gasteiger partial charge in [0.25, 0.3) is 0 Å². The number of hydrogen-bond donors (Lipinski definition) is 1. The van der Waals surface area contributed by atoms with Crippen LogP contribution in [0, 0.1) is 0 Å². The molecule has 0 radical (unpaired) electrons. The molecule has 21 heavy (non-hydrogen) atoms. The van der Waals surface area contributed by atoms with E-state index in [0.717, 1.165) is 34.5 Å². The number of hydrogen-bond acceptors (Lipinski definition) is 4. The van der Waals surface area contributed by atoms with Crippen molar-refractivity contribution in [3.05, 3.63) is 34.2 Å². The zero-order valence-corrected chi connectivity index (χ0v) is 14.3. The third-order valence-electron chi connectivity index (χ3n) is 3.18. The van der Waals surface area contributed by atoms with Crippen molar-refractivity contribution in [2.24, 2.45) is 0 Å². The van der Waals surface area contributed by atoms with Gasteiger partial charge in [0.05, 0.1) is 40.9 Å². The lowest BCUT2D eigenvalue weighted by Crippen LogP contribution is -2.08. The Bertz CT molecular complexity index is 580. The molecule has 0 spiro atoms. The number of halogens is 1. The molecular formula is C15H21BrN4O. The summed E-state index contributed by atoms with van der Waals surface area (Å²) in [6.07, 6.45) is 2.71. The molecule has 6 heteroatoms. The number of nitrogens with zero attached hydrogens (tertiary/aromatic N) is 3. The van der Waals surface area contributed by atoms with Crippen LogP contribution in [0.5, 0.6) is 5.88 Å². The first kappa shape index (κ1) is 15.8. The molecule has 0 amide bonds. The highest BCUT2D eigenvalue weighted by Crippen LogP contribution is 2.23. The molecule has 0 aromatic carbocycles. The van der Waals surface area contributed by atoms with Crippen LogP contribution in [0.15, 0.2) is 22.8 Å². The molecule has 2 heterocycles. The second kappa shape index (κ2) is 7.45. The Kier molecular flexibility index (Phi) is 5.61. The van der Waals surface area contributed by atoms with E-state index in [-0.39, 0.29) is 0 Å². The highest BCUT2D eigenvalue weighted by atomic mass is 79.9. The largest absolute Gasteiger partial charge is 0.478 e. The minimum Gasteiger partial charge on any atom is -0.478 e. The highest BCUT2D eigenvalue weighted by Gasteiger charge is 2.13. The van der Waals surface area contributed by atoms with E-state index in [9.17, 15) is 0 Å². The van der Waals surface area contributed by atoms with Crippen LogP contribution >= 0.6 is 15.9 Å². The minimum absolute atomic E-state index is 0.627. The molecule has 1 N–H and O–H groups in total. The van der Waals surface area contributed by atoms with Gasteiger partial charge < -0.3 is 10.1 Å². The fraction of sp³-hybridized carbons (Fsp3) is 0.467. The topological polar surface area (TPSA) is 52.0 Å². The van der Waals surface area contributed by atoms with E-state index < -0.39 is 0 Å². The summed E-state index contributed by atoms with van der Waals surface area (Å²) in [6.45, 7) is 8.35. The summed E-state index contributed by atoms with van der Waals surface area (Å²) in [7, 11) is 0. The maximum absolute atomic E-state index is 5.34. The Labute approximate surface area is 133 Å². The quantitative estimate of drug-likeness (QED) is 0.826. The standard InChI is InChI=1S/C15H21BrN4O/c1-4-12-15(16)13(20(5-2)19-12)10-17-11-7-8-14(18-9-11)21-6-3/h7-9,17H,4-6,10H2,1-3H3. The van der Waals surface area contributed by atoms with Crippen molar-refractivity contribution in [1.82, 2.24) is 14.8 Å². The molecule has 2 aromatic rings. The van der Waals surface area contributed by atoms with Crippen LogP contribution in [-0.4, -0.2) is 21.4 Å². The van der Waals surface area contributed by atoms with Crippen LogP contribution in [0.3, 0.4) is 0 Å². The van der Waals surface area contributed by atoms with E-state index in [2.05, 4.69) is 45.2 Å². The van der Waals surface area contributed by atoms with Gasteiger partial charge in [-0.05, 0) is 42.3 Å². The Hall–Kier alpha value is -1.56. The zero-order valence-electron chi connectivity index (χ0n) is 12.7. The van der Waals surface area contributed by atoms with E-state index in [1.54, 1.807) is 6.20 Å². The van der Waals surface area contributed by atoms with Gasteiger partial charge in [0.15, 0.2) is 0 Å². The highest BCUT2D eigenvalue weighted by molar-refractivity contribution is 9.10. The van der Waals surface area contributed by atoms with Gasteiger partial charge in [-0.1, -0.05) is 6.92 Å².